The lowest BCUT2D eigenvalue weighted by Crippen LogP contribution is -2.42. The summed E-state index contributed by atoms with van der Waals surface area (Å²) in [4.78, 5) is 27.3. The number of methoxy groups -OCH3 is 1. The van der Waals surface area contributed by atoms with E-state index in [4.69, 9.17) is 4.74 Å². The largest absolute Gasteiger partial charge is 0.497 e. The van der Waals surface area contributed by atoms with Crippen molar-refractivity contribution in [3.05, 3.63) is 57.7 Å². The highest BCUT2D eigenvalue weighted by atomic mass is 32.2. The molecule has 0 radical (unpaired) electrons. The van der Waals surface area contributed by atoms with Crippen LogP contribution in [0.4, 0.5) is 0 Å². The van der Waals surface area contributed by atoms with Crippen molar-refractivity contribution in [3.8, 4) is 5.75 Å². The Morgan fingerprint density at radius 2 is 2.00 bits per heavy atom. The molecule has 0 amide bonds. The first-order valence-corrected chi connectivity index (χ1v) is 13.4. The molecule has 1 fully saturated rings. The van der Waals surface area contributed by atoms with Gasteiger partial charge in [-0.15, -0.1) is 23.1 Å². The Hall–Kier alpha value is -2.09. The molecule has 3 heterocycles. The van der Waals surface area contributed by atoms with E-state index in [0.29, 0.717) is 6.54 Å². The molecule has 1 aromatic carbocycles. The van der Waals surface area contributed by atoms with Gasteiger partial charge in [-0.1, -0.05) is 6.07 Å². The zero-order chi connectivity index (χ0) is 23.3. The van der Waals surface area contributed by atoms with E-state index in [9.17, 15) is 9.59 Å². The van der Waals surface area contributed by atoms with E-state index in [1.54, 1.807) is 24.5 Å². The number of carbonyl (C=O) groups is 1. The number of carbonyl (C=O) groups excluding carboxylic acids is 1. The van der Waals surface area contributed by atoms with E-state index in [0.717, 1.165) is 73.3 Å². The van der Waals surface area contributed by atoms with Gasteiger partial charge in [-0.3, -0.25) is 4.79 Å². The molecule has 0 N–H and O–H groups in total. The van der Waals surface area contributed by atoms with E-state index in [1.165, 1.54) is 10.5 Å². The summed E-state index contributed by atoms with van der Waals surface area (Å²) >= 11 is 3.70. The maximum atomic E-state index is 12.8. The molecule has 5 nitrogen and oxygen atoms in total. The number of fused-ring (bicyclic) bond motifs is 1. The van der Waals surface area contributed by atoms with Crippen LogP contribution in [0.25, 0.3) is 10.9 Å². The van der Waals surface area contributed by atoms with Gasteiger partial charge in [0.15, 0.2) is 0 Å². The fourth-order valence-corrected chi connectivity index (χ4v) is 6.61. The number of nitrogens with zero attached hydrogens (tertiary/aromatic N) is 2. The first-order valence-electron chi connectivity index (χ1n) is 11.6. The monoisotopic (exact) mass is 484 g/mol. The number of likely N-dealkylation sites (tertiary alicyclic amines) is 1. The first kappa shape index (κ1) is 24.0. The maximum Gasteiger partial charge on any atom is 0.251 e. The SMILES string of the molecule is COc1ccc2c(C)cc(=O)n(CCCC3(C=O)CCN(CCSc4cccs4)CC3)c2c1. The molecular formula is C26H32N2O3S2. The number of rotatable bonds is 10. The lowest BCUT2D eigenvalue weighted by Gasteiger charge is -2.38. The summed E-state index contributed by atoms with van der Waals surface area (Å²) in [6, 6.07) is 11.8. The highest BCUT2D eigenvalue weighted by Gasteiger charge is 2.33. The second-order valence-corrected chi connectivity index (χ2v) is 11.2. The second-order valence-electron chi connectivity index (χ2n) is 8.91. The third kappa shape index (κ3) is 5.70. The molecule has 1 saturated heterocycles. The Morgan fingerprint density at radius 3 is 2.70 bits per heavy atom. The van der Waals surface area contributed by atoms with Gasteiger partial charge in [0.05, 0.1) is 16.8 Å². The Morgan fingerprint density at radius 1 is 1.18 bits per heavy atom. The Kier molecular flexibility index (Phi) is 7.94. The third-order valence-electron chi connectivity index (χ3n) is 6.83. The number of ether oxygens (including phenoxy) is 1. The van der Waals surface area contributed by atoms with Crippen LogP contribution in [0.3, 0.4) is 0 Å². The van der Waals surface area contributed by atoms with Crippen LogP contribution in [0.5, 0.6) is 5.75 Å². The fraction of sp³-hybridized carbons (Fsp3) is 0.462. The molecular weight excluding hydrogens is 452 g/mol. The molecule has 1 aliphatic heterocycles. The molecule has 0 unspecified atom stereocenters. The lowest BCUT2D eigenvalue weighted by molar-refractivity contribution is -0.119. The molecule has 3 aromatic rings. The summed E-state index contributed by atoms with van der Waals surface area (Å²) in [5, 5.41) is 3.18. The van der Waals surface area contributed by atoms with E-state index in [1.807, 2.05) is 41.5 Å². The second kappa shape index (κ2) is 10.9. The lowest BCUT2D eigenvalue weighted by atomic mass is 9.76. The van der Waals surface area contributed by atoms with Gasteiger partial charge in [0.25, 0.3) is 5.56 Å². The van der Waals surface area contributed by atoms with Gasteiger partial charge < -0.3 is 19.0 Å². The summed E-state index contributed by atoms with van der Waals surface area (Å²) in [5.41, 5.74) is 1.62. The quantitative estimate of drug-likeness (QED) is 0.291. The van der Waals surface area contributed by atoms with Crippen molar-refractivity contribution in [1.29, 1.82) is 0 Å². The number of benzene rings is 1. The molecule has 0 saturated carbocycles. The van der Waals surface area contributed by atoms with Crippen molar-refractivity contribution in [2.24, 2.45) is 5.41 Å². The standard InChI is InChI=1S/C26H32N2O3S2/c1-20-17-24(30)28(23-18-21(31-2)6-7-22(20)23)11-4-8-26(19-29)9-12-27(13-10-26)14-16-33-25-5-3-15-32-25/h3,5-7,15,17-19H,4,8-14,16H2,1-2H3. The maximum absolute atomic E-state index is 12.8. The van der Waals surface area contributed by atoms with Crippen molar-refractivity contribution in [2.75, 3.05) is 32.5 Å². The topological polar surface area (TPSA) is 51.5 Å². The van der Waals surface area contributed by atoms with Crippen molar-refractivity contribution < 1.29 is 9.53 Å². The Labute approximate surface area is 203 Å². The van der Waals surface area contributed by atoms with Crippen molar-refractivity contribution in [1.82, 2.24) is 9.47 Å². The molecule has 176 valence electrons. The van der Waals surface area contributed by atoms with Crippen LogP contribution in [0.15, 0.2) is 50.8 Å². The number of aromatic nitrogens is 1. The van der Waals surface area contributed by atoms with Gasteiger partial charge in [0, 0.05) is 41.8 Å². The fourth-order valence-electron chi connectivity index (χ4n) is 4.74. The molecule has 33 heavy (non-hydrogen) atoms. The number of aryl methyl sites for hydroxylation is 2. The molecule has 7 heteroatoms. The number of hydrogen-bond acceptors (Lipinski definition) is 6. The van der Waals surface area contributed by atoms with Crippen LogP contribution in [0.2, 0.25) is 0 Å². The average Bonchev–Trinajstić information content (AvgIpc) is 3.35. The highest BCUT2D eigenvalue weighted by molar-refractivity contribution is 8.01. The van der Waals surface area contributed by atoms with Crippen molar-refractivity contribution in [2.45, 2.75) is 43.4 Å². The number of thiophene rings is 1. The van der Waals surface area contributed by atoms with E-state index in [2.05, 4.69) is 22.4 Å². The number of hydrogen-bond donors (Lipinski definition) is 0. The summed E-state index contributed by atoms with van der Waals surface area (Å²) in [6.07, 6.45) is 4.61. The van der Waals surface area contributed by atoms with E-state index in [-0.39, 0.29) is 11.0 Å². The zero-order valence-corrected chi connectivity index (χ0v) is 21.1. The van der Waals surface area contributed by atoms with E-state index < -0.39 is 0 Å². The van der Waals surface area contributed by atoms with Gasteiger partial charge in [-0.05, 0) is 74.8 Å². The van der Waals surface area contributed by atoms with Gasteiger partial charge in [0.1, 0.15) is 12.0 Å². The minimum absolute atomic E-state index is 0.00599. The van der Waals surface area contributed by atoms with Crippen LogP contribution in [-0.4, -0.2) is 48.3 Å². The van der Waals surface area contributed by atoms with Gasteiger partial charge in [-0.2, -0.15) is 0 Å². The predicted molar refractivity (Wildman–Crippen MR) is 138 cm³/mol. The molecule has 2 aromatic heterocycles. The van der Waals surface area contributed by atoms with Crippen LogP contribution >= 0.6 is 23.1 Å². The molecule has 0 aliphatic carbocycles. The number of pyridine rings is 1. The summed E-state index contributed by atoms with van der Waals surface area (Å²) < 4.78 is 8.58. The molecule has 0 atom stereocenters. The minimum atomic E-state index is -0.265. The van der Waals surface area contributed by atoms with Crippen molar-refractivity contribution in [3.63, 3.8) is 0 Å². The van der Waals surface area contributed by atoms with Crippen LogP contribution < -0.4 is 10.3 Å². The third-order valence-corrected chi connectivity index (χ3v) is 8.94. The van der Waals surface area contributed by atoms with E-state index >= 15 is 0 Å². The molecule has 0 bridgehead atoms. The summed E-state index contributed by atoms with van der Waals surface area (Å²) in [7, 11) is 1.64. The van der Waals surface area contributed by atoms with Gasteiger partial charge >= 0.3 is 0 Å². The molecule has 1 aliphatic rings. The zero-order valence-electron chi connectivity index (χ0n) is 19.4. The summed E-state index contributed by atoms with van der Waals surface area (Å²) in [6.45, 7) is 5.57. The predicted octanol–water partition coefficient (Wildman–Crippen LogP) is 5.23. The molecule has 0 spiro atoms. The molecule has 4 rings (SSSR count). The number of thioether (sulfide) groups is 1. The average molecular weight is 485 g/mol. The minimum Gasteiger partial charge on any atom is -0.497 e. The van der Waals surface area contributed by atoms with Crippen LogP contribution in [0, 0.1) is 12.3 Å². The normalized spacial score (nSPS) is 16.2. The smallest absolute Gasteiger partial charge is 0.251 e. The Bertz CT molecular complexity index is 1130. The van der Waals surface area contributed by atoms with Gasteiger partial charge in [0.2, 0.25) is 0 Å². The van der Waals surface area contributed by atoms with Gasteiger partial charge in [-0.25, -0.2) is 0 Å². The Balaban J connectivity index is 1.34. The first-order chi connectivity index (χ1) is 16.0. The highest BCUT2D eigenvalue weighted by Crippen LogP contribution is 2.35. The summed E-state index contributed by atoms with van der Waals surface area (Å²) in [5.74, 6) is 1.83. The van der Waals surface area contributed by atoms with Crippen molar-refractivity contribution >= 4 is 40.3 Å². The number of piperidine rings is 1. The van der Waals surface area contributed by atoms with Crippen LogP contribution in [-0.2, 0) is 11.3 Å². The van der Waals surface area contributed by atoms with Crippen LogP contribution in [0.1, 0.15) is 31.2 Å². The number of aldehydes is 1.